The normalized spacial score (nSPS) is 10.4. The molecule has 0 aliphatic rings. The minimum absolute atomic E-state index is 0.0324. The molecule has 1 heterocycles. The van der Waals surface area contributed by atoms with Gasteiger partial charge in [0.2, 0.25) is 5.28 Å². The standard InChI is InChI=1S/C8H12Cl2N4O2/c9-6-7(12-8(10)14-13-6)11-2-1-4-16-5-3-15/h15H,1-5H2,(H,11,12,14). The van der Waals surface area contributed by atoms with Crippen molar-refractivity contribution in [1.29, 1.82) is 0 Å². The molecule has 0 aromatic carbocycles. The van der Waals surface area contributed by atoms with E-state index in [-0.39, 0.29) is 17.0 Å². The van der Waals surface area contributed by atoms with E-state index in [1.54, 1.807) is 0 Å². The fraction of sp³-hybridized carbons (Fsp3) is 0.625. The molecule has 0 amide bonds. The fourth-order valence-corrected chi connectivity index (χ4v) is 1.22. The molecule has 0 spiro atoms. The molecule has 1 aromatic heterocycles. The third kappa shape index (κ3) is 4.89. The van der Waals surface area contributed by atoms with Gasteiger partial charge in [-0.1, -0.05) is 11.6 Å². The fourth-order valence-electron chi connectivity index (χ4n) is 0.953. The first-order valence-electron chi connectivity index (χ1n) is 4.72. The highest BCUT2D eigenvalue weighted by atomic mass is 35.5. The summed E-state index contributed by atoms with van der Waals surface area (Å²) < 4.78 is 5.08. The minimum atomic E-state index is 0.0324. The minimum Gasteiger partial charge on any atom is -0.394 e. The van der Waals surface area contributed by atoms with Gasteiger partial charge in [-0.25, -0.2) is 0 Å². The highest BCUT2D eigenvalue weighted by molar-refractivity contribution is 6.32. The lowest BCUT2D eigenvalue weighted by Crippen LogP contribution is -2.09. The van der Waals surface area contributed by atoms with Gasteiger partial charge >= 0.3 is 0 Å². The van der Waals surface area contributed by atoms with E-state index < -0.39 is 0 Å². The van der Waals surface area contributed by atoms with E-state index in [4.69, 9.17) is 33.0 Å². The Morgan fingerprint density at radius 3 is 2.81 bits per heavy atom. The van der Waals surface area contributed by atoms with E-state index in [9.17, 15) is 0 Å². The third-order valence-electron chi connectivity index (χ3n) is 1.61. The summed E-state index contributed by atoms with van der Waals surface area (Å²) in [6.07, 6.45) is 0.762. The van der Waals surface area contributed by atoms with Crippen LogP contribution in [0.15, 0.2) is 0 Å². The molecular weight excluding hydrogens is 255 g/mol. The zero-order valence-electron chi connectivity index (χ0n) is 8.49. The quantitative estimate of drug-likeness (QED) is 0.717. The van der Waals surface area contributed by atoms with Crippen LogP contribution in [0.1, 0.15) is 6.42 Å². The SMILES string of the molecule is OCCOCCCNc1nc(Cl)nnc1Cl. The highest BCUT2D eigenvalue weighted by Crippen LogP contribution is 2.15. The number of aromatic nitrogens is 3. The van der Waals surface area contributed by atoms with Crippen molar-refractivity contribution in [3.63, 3.8) is 0 Å². The lowest BCUT2D eigenvalue weighted by molar-refractivity contribution is 0.0922. The van der Waals surface area contributed by atoms with Gasteiger partial charge in [0.1, 0.15) is 0 Å². The Morgan fingerprint density at radius 1 is 1.25 bits per heavy atom. The molecule has 0 fully saturated rings. The average Bonchev–Trinajstić information content (AvgIpc) is 2.28. The van der Waals surface area contributed by atoms with Crippen LogP contribution in [-0.2, 0) is 4.74 Å². The van der Waals surface area contributed by atoms with Crippen molar-refractivity contribution >= 4 is 29.0 Å². The second-order valence-electron chi connectivity index (χ2n) is 2.84. The van der Waals surface area contributed by atoms with E-state index >= 15 is 0 Å². The zero-order chi connectivity index (χ0) is 11.8. The first-order valence-corrected chi connectivity index (χ1v) is 5.48. The molecule has 0 bridgehead atoms. The number of hydrogen-bond donors (Lipinski definition) is 2. The number of nitrogens with one attached hydrogen (secondary N) is 1. The van der Waals surface area contributed by atoms with E-state index in [0.29, 0.717) is 25.6 Å². The maximum atomic E-state index is 8.47. The van der Waals surface area contributed by atoms with Crippen LogP contribution in [0.3, 0.4) is 0 Å². The first-order chi connectivity index (χ1) is 7.74. The molecule has 2 N–H and O–H groups in total. The lowest BCUT2D eigenvalue weighted by Gasteiger charge is -2.06. The molecule has 0 aliphatic heterocycles. The summed E-state index contributed by atoms with van der Waals surface area (Å²) in [5, 5.41) is 18.7. The predicted molar refractivity (Wildman–Crippen MR) is 60.9 cm³/mol. The van der Waals surface area contributed by atoms with Crippen LogP contribution < -0.4 is 5.32 Å². The highest BCUT2D eigenvalue weighted by Gasteiger charge is 2.04. The molecule has 0 atom stereocenters. The summed E-state index contributed by atoms with van der Waals surface area (Å²) in [5.74, 6) is 0.406. The van der Waals surface area contributed by atoms with E-state index in [1.165, 1.54) is 0 Å². The topological polar surface area (TPSA) is 80.2 Å². The summed E-state index contributed by atoms with van der Waals surface area (Å²) >= 11 is 11.3. The molecule has 0 unspecified atom stereocenters. The first kappa shape index (κ1) is 13.4. The van der Waals surface area contributed by atoms with Crippen LogP contribution in [0.5, 0.6) is 0 Å². The van der Waals surface area contributed by atoms with Gasteiger partial charge in [0, 0.05) is 13.2 Å². The number of aliphatic hydroxyl groups is 1. The zero-order valence-corrected chi connectivity index (χ0v) is 10.0. The second kappa shape index (κ2) is 7.56. The number of nitrogens with zero attached hydrogens (tertiary/aromatic N) is 3. The number of aliphatic hydroxyl groups excluding tert-OH is 1. The Balaban J connectivity index is 2.23. The Labute approximate surface area is 103 Å². The summed E-state index contributed by atoms with van der Waals surface area (Å²) in [6, 6.07) is 0. The van der Waals surface area contributed by atoms with Gasteiger partial charge in [-0.3, -0.25) is 0 Å². The van der Waals surface area contributed by atoms with Crippen molar-refractivity contribution in [2.45, 2.75) is 6.42 Å². The van der Waals surface area contributed by atoms with Gasteiger partial charge in [-0.05, 0) is 18.0 Å². The van der Waals surface area contributed by atoms with Crippen molar-refractivity contribution in [1.82, 2.24) is 15.2 Å². The van der Waals surface area contributed by atoms with Crippen molar-refractivity contribution in [3.8, 4) is 0 Å². The molecule has 6 nitrogen and oxygen atoms in total. The monoisotopic (exact) mass is 266 g/mol. The number of halogens is 2. The average molecular weight is 267 g/mol. The van der Waals surface area contributed by atoms with Crippen molar-refractivity contribution < 1.29 is 9.84 Å². The number of hydrogen-bond acceptors (Lipinski definition) is 6. The smallest absolute Gasteiger partial charge is 0.245 e. The Morgan fingerprint density at radius 2 is 2.06 bits per heavy atom. The van der Waals surface area contributed by atoms with Gasteiger partial charge in [0.15, 0.2) is 11.0 Å². The van der Waals surface area contributed by atoms with Crippen molar-refractivity contribution in [3.05, 3.63) is 10.4 Å². The summed E-state index contributed by atoms with van der Waals surface area (Å²) in [5.41, 5.74) is 0. The van der Waals surface area contributed by atoms with Gasteiger partial charge in [0.05, 0.1) is 13.2 Å². The predicted octanol–water partition coefficient (Wildman–Crippen LogP) is 0.989. The van der Waals surface area contributed by atoms with Gasteiger partial charge in [0.25, 0.3) is 0 Å². The van der Waals surface area contributed by atoms with Gasteiger partial charge < -0.3 is 15.2 Å². The molecule has 8 heteroatoms. The molecule has 90 valence electrons. The van der Waals surface area contributed by atoms with Crippen LogP contribution >= 0.6 is 23.2 Å². The second-order valence-corrected chi connectivity index (χ2v) is 3.53. The Kier molecular flexibility index (Phi) is 6.32. The van der Waals surface area contributed by atoms with Crippen LogP contribution in [-0.4, -0.2) is 46.7 Å². The number of rotatable bonds is 7. The van der Waals surface area contributed by atoms with Crippen molar-refractivity contribution in [2.24, 2.45) is 0 Å². The summed E-state index contributed by atoms with van der Waals surface area (Å²) in [6.45, 7) is 1.56. The maximum Gasteiger partial charge on any atom is 0.245 e. The molecule has 0 radical (unpaired) electrons. The third-order valence-corrected chi connectivity index (χ3v) is 2.03. The summed E-state index contributed by atoms with van der Waals surface area (Å²) in [4.78, 5) is 3.87. The van der Waals surface area contributed by atoms with Gasteiger partial charge in [-0.2, -0.15) is 4.98 Å². The van der Waals surface area contributed by atoms with Crippen LogP contribution in [0, 0.1) is 0 Å². The van der Waals surface area contributed by atoms with Crippen LogP contribution in [0.2, 0.25) is 10.4 Å². The molecule has 0 saturated carbocycles. The van der Waals surface area contributed by atoms with Crippen molar-refractivity contribution in [2.75, 3.05) is 31.7 Å². The van der Waals surface area contributed by atoms with E-state index in [2.05, 4.69) is 20.5 Å². The Hall–Kier alpha value is -0.690. The number of ether oxygens (including phenoxy) is 1. The number of anilines is 1. The summed E-state index contributed by atoms with van der Waals surface area (Å²) in [7, 11) is 0. The molecule has 0 saturated heterocycles. The van der Waals surface area contributed by atoms with Crippen LogP contribution in [0.25, 0.3) is 0 Å². The molecular formula is C8H12Cl2N4O2. The Bertz CT molecular complexity index is 327. The van der Waals surface area contributed by atoms with E-state index in [0.717, 1.165) is 6.42 Å². The van der Waals surface area contributed by atoms with Crippen LogP contribution in [0.4, 0.5) is 5.82 Å². The molecule has 0 aliphatic carbocycles. The molecule has 1 rings (SSSR count). The lowest BCUT2D eigenvalue weighted by atomic mass is 10.4. The largest absolute Gasteiger partial charge is 0.394 e. The molecule has 16 heavy (non-hydrogen) atoms. The maximum absolute atomic E-state index is 8.47. The van der Waals surface area contributed by atoms with E-state index in [1.807, 2.05) is 0 Å². The molecule has 1 aromatic rings. The van der Waals surface area contributed by atoms with Gasteiger partial charge in [-0.15, -0.1) is 10.2 Å².